The van der Waals surface area contributed by atoms with E-state index < -0.39 is 24.5 Å². The molecule has 0 aliphatic heterocycles. The quantitative estimate of drug-likeness (QED) is 0.416. The summed E-state index contributed by atoms with van der Waals surface area (Å²) in [4.78, 5) is 26.5. The first-order valence-corrected chi connectivity index (χ1v) is 4.74. The molecule has 1 aromatic heterocycles. The number of hydrogen-bond donors (Lipinski definition) is 2. The number of esters is 1. The number of carbonyl (C=O) groups excluding carboxylic acids is 2. The molecule has 1 unspecified atom stereocenters. The summed E-state index contributed by atoms with van der Waals surface area (Å²) in [6, 6.07) is 3.06. The molecule has 0 fully saturated rings. The SMILES string of the molecule is COC(=O)C(CO)N(O)C(=O)c1ccccn1. The van der Waals surface area contributed by atoms with Gasteiger partial charge in [0, 0.05) is 6.20 Å². The first-order valence-electron chi connectivity index (χ1n) is 4.74. The fourth-order valence-corrected chi connectivity index (χ4v) is 1.14. The van der Waals surface area contributed by atoms with Crippen LogP contribution in [0.25, 0.3) is 0 Å². The Hall–Kier alpha value is -1.99. The van der Waals surface area contributed by atoms with Crippen LogP contribution in [-0.4, -0.2) is 52.0 Å². The van der Waals surface area contributed by atoms with Crippen molar-refractivity contribution in [1.82, 2.24) is 10.0 Å². The average Bonchev–Trinajstić information content (AvgIpc) is 2.39. The van der Waals surface area contributed by atoms with Gasteiger partial charge in [0.05, 0.1) is 13.7 Å². The summed E-state index contributed by atoms with van der Waals surface area (Å²) in [5.74, 6) is -1.81. The Morgan fingerprint density at radius 1 is 1.53 bits per heavy atom. The molecule has 0 saturated carbocycles. The minimum Gasteiger partial charge on any atom is -0.467 e. The van der Waals surface area contributed by atoms with Crippen molar-refractivity contribution in [2.45, 2.75) is 6.04 Å². The molecule has 0 aliphatic rings. The van der Waals surface area contributed by atoms with Gasteiger partial charge in [0.15, 0.2) is 6.04 Å². The summed E-state index contributed by atoms with van der Waals surface area (Å²) >= 11 is 0. The predicted octanol–water partition coefficient (Wildman–Crippen LogP) is -0.553. The number of amides is 1. The Labute approximate surface area is 97.2 Å². The molecule has 1 amide bonds. The van der Waals surface area contributed by atoms with Gasteiger partial charge in [-0.3, -0.25) is 15.0 Å². The van der Waals surface area contributed by atoms with Crippen LogP contribution in [0.2, 0.25) is 0 Å². The molecule has 0 aromatic carbocycles. The molecule has 2 N–H and O–H groups in total. The number of carbonyl (C=O) groups is 2. The summed E-state index contributed by atoms with van der Waals surface area (Å²) in [5, 5.41) is 18.5. The number of aliphatic hydroxyl groups excluding tert-OH is 1. The van der Waals surface area contributed by atoms with Crippen molar-refractivity contribution >= 4 is 11.9 Å². The third-order valence-corrected chi connectivity index (χ3v) is 2.03. The normalized spacial score (nSPS) is 11.7. The molecule has 17 heavy (non-hydrogen) atoms. The second kappa shape index (κ2) is 5.92. The van der Waals surface area contributed by atoms with Gasteiger partial charge in [0.25, 0.3) is 5.91 Å². The van der Waals surface area contributed by atoms with Crippen molar-refractivity contribution in [2.75, 3.05) is 13.7 Å². The van der Waals surface area contributed by atoms with Crippen molar-refractivity contribution in [3.63, 3.8) is 0 Å². The average molecular weight is 240 g/mol. The lowest BCUT2D eigenvalue weighted by molar-refractivity contribution is -0.164. The van der Waals surface area contributed by atoms with Gasteiger partial charge in [-0.1, -0.05) is 6.07 Å². The highest BCUT2D eigenvalue weighted by molar-refractivity contribution is 5.94. The zero-order valence-electron chi connectivity index (χ0n) is 9.11. The van der Waals surface area contributed by atoms with E-state index in [9.17, 15) is 14.8 Å². The maximum atomic E-state index is 11.7. The molecule has 1 rings (SSSR count). The lowest BCUT2D eigenvalue weighted by Crippen LogP contribution is -2.46. The van der Waals surface area contributed by atoms with Gasteiger partial charge in [-0.2, -0.15) is 0 Å². The first-order chi connectivity index (χ1) is 8.11. The van der Waals surface area contributed by atoms with Gasteiger partial charge < -0.3 is 9.84 Å². The maximum Gasteiger partial charge on any atom is 0.333 e. The second-order valence-corrected chi connectivity index (χ2v) is 3.09. The number of aliphatic hydroxyl groups is 1. The summed E-state index contributed by atoms with van der Waals surface area (Å²) < 4.78 is 4.34. The Morgan fingerprint density at radius 2 is 2.24 bits per heavy atom. The van der Waals surface area contributed by atoms with Gasteiger partial charge in [0.1, 0.15) is 5.69 Å². The van der Waals surface area contributed by atoms with E-state index in [-0.39, 0.29) is 10.8 Å². The van der Waals surface area contributed by atoms with Crippen LogP contribution in [0.3, 0.4) is 0 Å². The smallest absolute Gasteiger partial charge is 0.333 e. The molecule has 0 spiro atoms. The second-order valence-electron chi connectivity index (χ2n) is 3.09. The third kappa shape index (κ3) is 2.99. The van der Waals surface area contributed by atoms with Crippen LogP contribution in [0.1, 0.15) is 10.5 Å². The van der Waals surface area contributed by atoms with E-state index >= 15 is 0 Å². The Balaban J connectivity index is 2.85. The molecule has 7 nitrogen and oxygen atoms in total. The summed E-state index contributed by atoms with van der Waals surface area (Å²) in [6.45, 7) is -0.748. The van der Waals surface area contributed by atoms with Crippen molar-refractivity contribution in [1.29, 1.82) is 0 Å². The van der Waals surface area contributed by atoms with E-state index in [2.05, 4.69) is 9.72 Å². The number of pyridine rings is 1. The molecular weight excluding hydrogens is 228 g/mol. The van der Waals surface area contributed by atoms with Crippen LogP contribution in [0.15, 0.2) is 24.4 Å². The van der Waals surface area contributed by atoms with Gasteiger partial charge >= 0.3 is 5.97 Å². The number of ether oxygens (including phenoxy) is 1. The number of hydrogen-bond acceptors (Lipinski definition) is 6. The topological polar surface area (TPSA) is 100.0 Å². The van der Waals surface area contributed by atoms with E-state index in [0.717, 1.165) is 7.11 Å². The highest BCUT2D eigenvalue weighted by atomic mass is 16.6. The molecular formula is C10H12N2O5. The van der Waals surface area contributed by atoms with E-state index in [0.29, 0.717) is 0 Å². The maximum absolute atomic E-state index is 11.7. The van der Waals surface area contributed by atoms with Crippen LogP contribution < -0.4 is 0 Å². The highest BCUT2D eigenvalue weighted by Gasteiger charge is 2.30. The van der Waals surface area contributed by atoms with E-state index in [1.165, 1.54) is 12.3 Å². The summed E-state index contributed by atoms with van der Waals surface area (Å²) in [5.41, 5.74) is -0.0441. The first kappa shape index (κ1) is 13.1. The monoisotopic (exact) mass is 240 g/mol. The van der Waals surface area contributed by atoms with Gasteiger partial charge in [0.2, 0.25) is 0 Å². The number of rotatable bonds is 4. The summed E-state index contributed by atoms with van der Waals surface area (Å²) in [7, 11) is 1.09. The van der Waals surface area contributed by atoms with Crippen LogP contribution in [-0.2, 0) is 9.53 Å². The molecule has 1 aromatic rings. The highest BCUT2D eigenvalue weighted by Crippen LogP contribution is 2.04. The molecule has 0 saturated heterocycles. The molecule has 1 atom stereocenters. The largest absolute Gasteiger partial charge is 0.467 e. The Bertz CT molecular complexity index is 395. The van der Waals surface area contributed by atoms with Crippen molar-refractivity contribution in [3.8, 4) is 0 Å². The lowest BCUT2D eigenvalue weighted by Gasteiger charge is -2.21. The number of aromatic nitrogens is 1. The number of methoxy groups -OCH3 is 1. The van der Waals surface area contributed by atoms with E-state index in [4.69, 9.17) is 5.11 Å². The fraction of sp³-hybridized carbons (Fsp3) is 0.300. The van der Waals surface area contributed by atoms with Crippen LogP contribution in [0, 0.1) is 0 Å². The van der Waals surface area contributed by atoms with Crippen LogP contribution in [0.5, 0.6) is 0 Å². The molecule has 7 heteroatoms. The Morgan fingerprint density at radius 3 is 2.71 bits per heavy atom. The molecule has 92 valence electrons. The van der Waals surface area contributed by atoms with Crippen molar-refractivity contribution in [2.24, 2.45) is 0 Å². The van der Waals surface area contributed by atoms with Gasteiger partial charge in [-0.25, -0.2) is 9.86 Å². The van der Waals surface area contributed by atoms with Crippen molar-refractivity contribution in [3.05, 3.63) is 30.1 Å². The summed E-state index contributed by atoms with van der Waals surface area (Å²) in [6.07, 6.45) is 1.37. The molecule has 0 aliphatic carbocycles. The molecule has 0 bridgehead atoms. The predicted molar refractivity (Wildman–Crippen MR) is 55.1 cm³/mol. The minimum absolute atomic E-state index is 0.0441. The third-order valence-electron chi connectivity index (χ3n) is 2.03. The zero-order valence-corrected chi connectivity index (χ0v) is 9.11. The zero-order chi connectivity index (χ0) is 12.8. The van der Waals surface area contributed by atoms with Crippen LogP contribution in [0.4, 0.5) is 0 Å². The van der Waals surface area contributed by atoms with Gasteiger partial charge in [-0.15, -0.1) is 0 Å². The number of hydroxylamine groups is 2. The fourth-order valence-electron chi connectivity index (χ4n) is 1.14. The molecule has 0 radical (unpaired) electrons. The lowest BCUT2D eigenvalue weighted by atomic mass is 10.2. The van der Waals surface area contributed by atoms with Crippen molar-refractivity contribution < 1.29 is 24.6 Å². The number of nitrogens with zero attached hydrogens (tertiary/aromatic N) is 2. The van der Waals surface area contributed by atoms with E-state index in [1.54, 1.807) is 12.1 Å². The Kier molecular flexibility index (Phi) is 4.56. The van der Waals surface area contributed by atoms with Crippen LogP contribution >= 0.6 is 0 Å². The van der Waals surface area contributed by atoms with Gasteiger partial charge in [-0.05, 0) is 12.1 Å². The standard InChI is InChI=1S/C10H12N2O5/c1-17-10(15)8(6-13)12(16)9(14)7-4-2-3-5-11-7/h2-5,8,13,16H,6H2,1H3. The molecule has 1 heterocycles. The van der Waals surface area contributed by atoms with E-state index in [1.807, 2.05) is 0 Å². The minimum atomic E-state index is -1.46.